The second-order valence-electron chi connectivity index (χ2n) is 3.23. The Bertz CT molecular complexity index is 335. The van der Waals surface area contributed by atoms with Gasteiger partial charge in [0.25, 0.3) is 5.91 Å². The van der Waals surface area contributed by atoms with Gasteiger partial charge in [-0.25, -0.2) is 0 Å². The minimum Gasteiger partial charge on any atom is -0.351 e. The lowest BCUT2D eigenvalue weighted by Crippen LogP contribution is -2.27. The maximum absolute atomic E-state index is 11.7. The molecule has 0 aliphatic heterocycles. The molecule has 0 radical (unpaired) electrons. The van der Waals surface area contributed by atoms with Crippen LogP contribution in [-0.4, -0.2) is 23.6 Å². The van der Waals surface area contributed by atoms with Crippen LogP contribution in [0.4, 0.5) is 0 Å². The number of hydrogen-bond acceptors (Lipinski definition) is 2. The van der Waals surface area contributed by atoms with Gasteiger partial charge in [-0.1, -0.05) is 0 Å². The molecule has 0 aromatic carbocycles. The summed E-state index contributed by atoms with van der Waals surface area (Å²) in [7, 11) is 0. The van der Waals surface area contributed by atoms with Crippen molar-refractivity contribution >= 4 is 21.8 Å². The van der Waals surface area contributed by atoms with Crippen molar-refractivity contribution in [2.75, 3.05) is 13.1 Å². The number of aromatic nitrogens is 1. The molecule has 0 bridgehead atoms. The molecule has 0 aliphatic rings. The number of halogens is 1. The molecule has 1 aromatic heterocycles. The predicted octanol–water partition coefficient (Wildman–Crippen LogP) is 1.35. The number of aryl methyl sites for hydroxylation is 1. The molecule has 0 unspecified atom stereocenters. The molecule has 1 rings (SSSR count). The van der Waals surface area contributed by atoms with Gasteiger partial charge >= 0.3 is 0 Å². The first-order valence-corrected chi connectivity index (χ1v) is 5.82. The molecule has 0 fully saturated rings. The highest BCUT2D eigenvalue weighted by atomic mass is 79.9. The average Bonchev–Trinajstić information content (AvgIpc) is 2.60. The standard InChI is InChI=1S/C10H16BrN3O/c1-2-14-7-8(11)6-9(14)10(15)13-5-3-4-12/h6-7H,2-5,12H2,1H3,(H,13,15). The highest BCUT2D eigenvalue weighted by Gasteiger charge is 2.10. The summed E-state index contributed by atoms with van der Waals surface area (Å²) in [5, 5.41) is 2.83. The highest BCUT2D eigenvalue weighted by Crippen LogP contribution is 2.14. The van der Waals surface area contributed by atoms with Crippen LogP contribution in [0.2, 0.25) is 0 Å². The zero-order chi connectivity index (χ0) is 11.3. The lowest BCUT2D eigenvalue weighted by Gasteiger charge is -2.06. The quantitative estimate of drug-likeness (QED) is 0.796. The van der Waals surface area contributed by atoms with Gasteiger partial charge < -0.3 is 15.6 Å². The largest absolute Gasteiger partial charge is 0.351 e. The van der Waals surface area contributed by atoms with E-state index in [1.165, 1.54) is 0 Å². The lowest BCUT2D eigenvalue weighted by molar-refractivity contribution is 0.0944. The third-order valence-corrected chi connectivity index (χ3v) is 2.54. The molecule has 3 N–H and O–H groups in total. The predicted molar refractivity (Wildman–Crippen MR) is 63.8 cm³/mol. The Labute approximate surface area is 98.0 Å². The molecule has 0 aliphatic carbocycles. The van der Waals surface area contributed by atoms with Crippen molar-refractivity contribution in [1.82, 2.24) is 9.88 Å². The second-order valence-corrected chi connectivity index (χ2v) is 4.14. The van der Waals surface area contributed by atoms with Crippen LogP contribution in [0.15, 0.2) is 16.7 Å². The van der Waals surface area contributed by atoms with Crippen LogP contribution < -0.4 is 11.1 Å². The molecule has 15 heavy (non-hydrogen) atoms. The van der Waals surface area contributed by atoms with Gasteiger partial charge in [-0.05, 0) is 41.9 Å². The molecule has 0 saturated heterocycles. The monoisotopic (exact) mass is 273 g/mol. The zero-order valence-electron chi connectivity index (χ0n) is 8.79. The Hall–Kier alpha value is -0.810. The number of amides is 1. The molecular weight excluding hydrogens is 258 g/mol. The van der Waals surface area contributed by atoms with Gasteiger partial charge in [0, 0.05) is 23.8 Å². The van der Waals surface area contributed by atoms with Crippen LogP contribution in [-0.2, 0) is 6.54 Å². The lowest BCUT2D eigenvalue weighted by atomic mass is 10.3. The van der Waals surface area contributed by atoms with Gasteiger partial charge in [-0.3, -0.25) is 4.79 Å². The Kier molecular flexibility index (Phi) is 4.84. The third kappa shape index (κ3) is 3.35. The van der Waals surface area contributed by atoms with Crippen LogP contribution in [0.1, 0.15) is 23.8 Å². The fraction of sp³-hybridized carbons (Fsp3) is 0.500. The zero-order valence-corrected chi connectivity index (χ0v) is 10.4. The number of nitrogens with zero attached hydrogens (tertiary/aromatic N) is 1. The molecule has 0 atom stereocenters. The van der Waals surface area contributed by atoms with E-state index in [1.54, 1.807) is 0 Å². The SMILES string of the molecule is CCn1cc(Br)cc1C(=O)NCCCN. The van der Waals surface area contributed by atoms with Crippen molar-refractivity contribution < 1.29 is 4.79 Å². The van der Waals surface area contributed by atoms with Crippen LogP contribution >= 0.6 is 15.9 Å². The van der Waals surface area contributed by atoms with Crippen molar-refractivity contribution in [2.45, 2.75) is 19.9 Å². The van der Waals surface area contributed by atoms with Crippen molar-refractivity contribution in [1.29, 1.82) is 0 Å². The minimum atomic E-state index is -0.0454. The van der Waals surface area contributed by atoms with Gasteiger partial charge in [0.05, 0.1) is 0 Å². The maximum Gasteiger partial charge on any atom is 0.267 e. The van der Waals surface area contributed by atoms with E-state index in [1.807, 2.05) is 23.8 Å². The van der Waals surface area contributed by atoms with Crippen LogP contribution in [0.5, 0.6) is 0 Å². The Morgan fingerprint density at radius 3 is 3.00 bits per heavy atom. The first-order chi connectivity index (χ1) is 7.19. The number of nitrogens with one attached hydrogen (secondary N) is 1. The summed E-state index contributed by atoms with van der Waals surface area (Å²) in [6.45, 7) is 4.01. The van der Waals surface area contributed by atoms with E-state index in [-0.39, 0.29) is 5.91 Å². The summed E-state index contributed by atoms with van der Waals surface area (Å²) in [5.74, 6) is -0.0454. The topological polar surface area (TPSA) is 60.0 Å². The van der Waals surface area contributed by atoms with Crippen molar-refractivity contribution in [2.24, 2.45) is 5.73 Å². The van der Waals surface area contributed by atoms with Crippen molar-refractivity contribution in [3.63, 3.8) is 0 Å². The smallest absolute Gasteiger partial charge is 0.267 e. The molecule has 0 saturated carbocycles. The van der Waals surface area contributed by atoms with Gasteiger partial charge in [-0.2, -0.15) is 0 Å². The Morgan fingerprint density at radius 2 is 2.40 bits per heavy atom. The second kappa shape index (κ2) is 5.92. The molecule has 5 heteroatoms. The van der Waals surface area contributed by atoms with E-state index in [0.29, 0.717) is 18.8 Å². The number of carbonyl (C=O) groups excluding carboxylic acids is 1. The Morgan fingerprint density at radius 1 is 1.67 bits per heavy atom. The first kappa shape index (κ1) is 12.3. The van der Waals surface area contributed by atoms with Crippen molar-refractivity contribution in [3.05, 3.63) is 22.4 Å². The average molecular weight is 274 g/mol. The molecule has 1 aromatic rings. The number of carbonyl (C=O) groups is 1. The molecule has 1 amide bonds. The fourth-order valence-electron chi connectivity index (χ4n) is 1.32. The summed E-state index contributed by atoms with van der Waals surface area (Å²) in [6.07, 6.45) is 2.71. The van der Waals surface area contributed by atoms with E-state index in [2.05, 4.69) is 21.2 Å². The van der Waals surface area contributed by atoms with E-state index in [0.717, 1.165) is 17.4 Å². The Balaban J connectivity index is 2.64. The molecule has 0 spiro atoms. The normalized spacial score (nSPS) is 10.3. The van der Waals surface area contributed by atoms with E-state index in [9.17, 15) is 4.79 Å². The minimum absolute atomic E-state index is 0.0454. The maximum atomic E-state index is 11.7. The van der Waals surface area contributed by atoms with Crippen molar-refractivity contribution in [3.8, 4) is 0 Å². The van der Waals surface area contributed by atoms with Gasteiger partial charge in [-0.15, -0.1) is 0 Å². The molecule has 1 heterocycles. The van der Waals surface area contributed by atoms with Gasteiger partial charge in [0.15, 0.2) is 0 Å². The van der Waals surface area contributed by atoms with Gasteiger partial charge in [0.2, 0.25) is 0 Å². The summed E-state index contributed by atoms with van der Waals surface area (Å²) in [4.78, 5) is 11.7. The van der Waals surface area contributed by atoms with E-state index < -0.39 is 0 Å². The van der Waals surface area contributed by atoms with Crippen LogP contribution in [0.25, 0.3) is 0 Å². The highest BCUT2D eigenvalue weighted by molar-refractivity contribution is 9.10. The molecular formula is C10H16BrN3O. The van der Waals surface area contributed by atoms with Gasteiger partial charge in [0.1, 0.15) is 5.69 Å². The summed E-state index contributed by atoms with van der Waals surface area (Å²) < 4.78 is 2.83. The molecule has 4 nitrogen and oxygen atoms in total. The summed E-state index contributed by atoms with van der Waals surface area (Å²) in [5.41, 5.74) is 6.03. The van der Waals surface area contributed by atoms with E-state index >= 15 is 0 Å². The summed E-state index contributed by atoms with van der Waals surface area (Å²) in [6, 6.07) is 1.82. The van der Waals surface area contributed by atoms with Crippen LogP contribution in [0, 0.1) is 0 Å². The van der Waals surface area contributed by atoms with Crippen LogP contribution in [0.3, 0.4) is 0 Å². The third-order valence-electron chi connectivity index (χ3n) is 2.10. The number of rotatable bonds is 5. The number of hydrogen-bond donors (Lipinski definition) is 2. The summed E-state index contributed by atoms with van der Waals surface area (Å²) >= 11 is 3.35. The number of nitrogens with two attached hydrogens (primary N) is 1. The first-order valence-electron chi connectivity index (χ1n) is 5.03. The molecule has 84 valence electrons. The fourth-order valence-corrected chi connectivity index (χ4v) is 1.79. The van der Waals surface area contributed by atoms with E-state index in [4.69, 9.17) is 5.73 Å².